The highest BCUT2D eigenvalue weighted by atomic mass is 79.9. The van der Waals surface area contributed by atoms with Gasteiger partial charge in [-0.25, -0.2) is 4.39 Å². The molecular weight excluding hydrogens is 297 g/mol. The molecule has 94 valence electrons. The third-order valence-electron chi connectivity index (χ3n) is 2.55. The zero-order valence-electron chi connectivity index (χ0n) is 9.91. The Bertz CT molecular complexity index is 545. The second-order valence-electron chi connectivity index (χ2n) is 3.83. The molecule has 0 spiro atoms. The van der Waals surface area contributed by atoms with Crippen molar-refractivity contribution in [2.75, 3.05) is 12.4 Å². The second kappa shape index (κ2) is 5.87. The average Bonchev–Trinajstić information content (AvgIpc) is 2.38. The maximum Gasteiger partial charge on any atom is 0.123 e. The second-order valence-corrected chi connectivity index (χ2v) is 4.68. The molecule has 0 aliphatic carbocycles. The minimum Gasteiger partial charge on any atom is -0.497 e. The van der Waals surface area contributed by atoms with Crippen LogP contribution in [0.5, 0.6) is 5.75 Å². The molecule has 2 aromatic rings. The van der Waals surface area contributed by atoms with Gasteiger partial charge in [0.2, 0.25) is 0 Å². The van der Waals surface area contributed by atoms with Crippen LogP contribution in [-0.2, 0) is 6.54 Å². The first-order valence-corrected chi connectivity index (χ1v) is 6.30. The maximum absolute atomic E-state index is 13.0. The van der Waals surface area contributed by atoms with Crippen molar-refractivity contribution >= 4 is 21.6 Å². The van der Waals surface area contributed by atoms with Crippen LogP contribution in [0.25, 0.3) is 0 Å². The van der Waals surface area contributed by atoms with E-state index in [4.69, 9.17) is 4.74 Å². The van der Waals surface area contributed by atoms with Gasteiger partial charge in [0, 0.05) is 17.1 Å². The van der Waals surface area contributed by atoms with Crippen molar-refractivity contribution in [2.45, 2.75) is 6.54 Å². The molecule has 1 N–H and O–H groups in total. The van der Waals surface area contributed by atoms with Gasteiger partial charge in [0.15, 0.2) is 0 Å². The van der Waals surface area contributed by atoms with Crippen LogP contribution < -0.4 is 10.1 Å². The van der Waals surface area contributed by atoms with Crippen molar-refractivity contribution in [3.8, 4) is 5.75 Å². The molecule has 2 rings (SSSR count). The van der Waals surface area contributed by atoms with Crippen molar-refractivity contribution in [3.05, 3.63) is 58.3 Å². The van der Waals surface area contributed by atoms with E-state index in [1.807, 2.05) is 24.3 Å². The molecule has 2 aromatic carbocycles. The smallest absolute Gasteiger partial charge is 0.123 e. The lowest BCUT2D eigenvalue weighted by Crippen LogP contribution is -2.00. The van der Waals surface area contributed by atoms with Crippen LogP contribution in [-0.4, -0.2) is 7.11 Å². The number of hydrogen-bond acceptors (Lipinski definition) is 2. The number of ether oxygens (including phenoxy) is 1. The van der Waals surface area contributed by atoms with E-state index in [2.05, 4.69) is 21.2 Å². The van der Waals surface area contributed by atoms with E-state index in [1.165, 1.54) is 12.1 Å². The largest absolute Gasteiger partial charge is 0.497 e. The van der Waals surface area contributed by atoms with Gasteiger partial charge in [-0.1, -0.05) is 12.1 Å². The number of benzene rings is 2. The predicted octanol–water partition coefficient (Wildman–Crippen LogP) is 4.21. The first kappa shape index (κ1) is 12.9. The molecule has 0 bridgehead atoms. The van der Waals surface area contributed by atoms with E-state index in [-0.39, 0.29) is 5.82 Å². The van der Waals surface area contributed by atoms with Gasteiger partial charge in [0.05, 0.1) is 12.8 Å². The summed E-state index contributed by atoms with van der Waals surface area (Å²) in [6.45, 7) is 0.559. The summed E-state index contributed by atoms with van der Waals surface area (Å²) < 4.78 is 19.1. The average molecular weight is 310 g/mol. The summed E-state index contributed by atoms with van der Waals surface area (Å²) in [7, 11) is 1.62. The van der Waals surface area contributed by atoms with E-state index in [0.717, 1.165) is 21.5 Å². The third kappa shape index (κ3) is 3.23. The fourth-order valence-electron chi connectivity index (χ4n) is 1.61. The zero-order valence-corrected chi connectivity index (χ0v) is 11.5. The Morgan fingerprint density at radius 1 is 1.22 bits per heavy atom. The number of hydrogen-bond donors (Lipinski definition) is 1. The minimum absolute atomic E-state index is 0.223. The molecule has 0 heterocycles. The van der Waals surface area contributed by atoms with Gasteiger partial charge in [0.1, 0.15) is 11.6 Å². The summed E-state index contributed by atoms with van der Waals surface area (Å²) in [4.78, 5) is 0. The summed E-state index contributed by atoms with van der Waals surface area (Å²) in [6, 6.07) is 12.2. The minimum atomic E-state index is -0.223. The van der Waals surface area contributed by atoms with Crippen LogP contribution in [0.3, 0.4) is 0 Å². The van der Waals surface area contributed by atoms with Crippen LogP contribution in [0.15, 0.2) is 46.9 Å². The molecule has 0 aromatic heterocycles. The third-order valence-corrected chi connectivity index (χ3v) is 3.24. The topological polar surface area (TPSA) is 21.3 Å². The van der Waals surface area contributed by atoms with Gasteiger partial charge >= 0.3 is 0 Å². The zero-order chi connectivity index (χ0) is 13.0. The van der Waals surface area contributed by atoms with Crippen molar-refractivity contribution < 1.29 is 9.13 Å². The van der Waals surface area contributed by atoms with Gasteiger partial charge in [-0.3, -0.25) is 0 Å². The summed E-state index contributed by atoms with van der Waals surface area (Å²) in [5, 5.41) is 3.24. The van der Waals surface area contributed by atoms with E-state index in [0.29, 0.717) is 6.54 Å². The van der Waals surface area contributed by atoms with Crippen LogP contribution in [0.2, 0.25) is 0 Å². The Labute approximate surface area is 114 Å². The lowest BCUT2D eigenvalue weighted by atomic mass is 10.2. The highest BCUT2D eigenvalue weighted by Gasteiger charge is 2.02. The summed E-state index contributed by atoms with van der Waals surface area (Å²) >= 11 is 3.46. The number of methoxy groups -OCH3 is 1. The Kier molecular flexibility index (Phi) is 4.20. The molecule has 4 heteroatoms. The van der Waals surface area contributed by atoms with E-state index in [9.17, 15) is 4.39 Å². The maximum atomic E-state index is 13.0. The van der Waals surface area contributed by atoms with Crippen molar-refractivity contribution in [1.82, 2.24) is 0 Å². The molecule has 0 saturated carbocycles. The Hall–Kier alpha value is -1.55. The first-order valence-electron chi connectivity index (χ1n) is 5.51. The molecule has 2 nitrogen and oxygen atoms in total. The standard InChI is InChI=1S/C14H13BrFNO/c1-18-12-5-6-13(15)14(8-12)17-9-10-3-2-4-11(16)7-10/h2-8,17H,9H2,1H3. The summed E-state index contributed by atoms with van der Waals surface area (Å²) in [5.41, 5.74) is 1.81. The SMILES string of the molecule is COc1ccc(Br)c(NCc2cccc(F)c2)c1. The first-order chi connectivity index (χ1) is 8.69. The van der Waals surface area contributed by atoms with Crippen molar-refractivity contribution in [2.24, 2.45) is 0 Å². The summed E-state index contributed by atoms with van der Waals surface area (Å²) in [5.74, 6) is 0.555. The fraction of sp³-hybridized carbons (Fsp3) is 0.143. The molecule has 0 amide bonds. The van der Waals surface area contributed by atoms with Crippen LogP contribution in [0, 0.1) is 5.82 Å². The van der Waals surface area contributed by atoms with Gasteiger partial charge in [0.25, 0.3) is 0 Å². The van der Waals surface area contributed by atoms with Crippen LogP contribution in [0.1, 0.15) is 5.56 Å². The number of nitrogens with one attached hydrogen (secondary N) is 1. The van der Waals surface area contributed by atoms with Crippen molar-refractivity contribution in [3.63, 3.8) is 0 Å². The molecule has 0 fully saturated rings. The molecule has 0 aliphatic rings. The highest BCUT2D eigenvalue weighted by molar-refractivity contribution is 9.10. The lowest BCUT2D eigenvalue weighted by Gasteiger charge is -2.10. The Morgan fingerprint density at radius 2 is 2.06 bits per heavy atom. The molecule has 0 aliphatic heterocycles. The normalized spacial score (nSPS) is 10.2. The van der Waals surface area contributed by atoms with E-state index in [1.54, 1.807) is 13.2 Å². The lowest BCUT2D eigenvalue weighted by molar-refractivity contribution is 0.415. The fourth-order valence-corrected chi connectivity index (χ4v) is 2.00. The quantitative estimate of drug-likeness (QED) is 0.913. The van der Waals surface area contributed by atoms with Gasteiger partial charge in [-0.15, -0.1) is 0 Å². The van der Waals surface area contributed by atoms with E-state index >= 15 is 0 Å². The van der Waals surface area contributed by atoms with Gasteiger partial charge in [-0.2, -0.15) is 0 Å². The van der Waals surface area contributed by atoms with Crippen LogP contribution in [0.4, 0.5) is 10.1 Å². The van der Waals surface area contributed by atoms with Crippen LogP contribution >= 0.6 is 15.9 Å². The Morgan fingerprint density at radius 3 is 2.78 bits per heavy atom. The van der Waals surface area contributed by atoms with Gasteiger partial charge < -0.3 is 10.1 Å². The number of halogens is 2. The summed E-state index contributed by atoms with van der Waals surface area (Å²) in [6.07, 6.45) is 0. The monoisotopic (exact) mass is 309 g/mol. The molecule has 0 radical (unpaired) electrons. The van der Waals surface area contributed by atoms with Crippen molar-refractivity contribution in [1.29, 1.82) is 0 Å². The predicted molar refractivity (Wildman–Crippen MR) is 74.4 cm³/mol. The molecule has 0 unspecified atom stereocenters. The molecule has 18 heavy (non-hydrogen) atoms. The number of anilines is 1. The van der Waals surface area contributed by atoms with Gasteiger partial charge in [-0.05, 0) is 45.8 Å². The molecule has 0 atom stereocenters. The highest BCUT2D eigenvalue weighted by Crippen LogP contribution is 2.27. The van der Waals surface area contributed by atoms with E-state index < -0.39 is 0 Å². The molecular formula is C14H13BrFNO. The number of rotatable bonds is 4. The molecule has 0 saturated heterocycles. The Balaban J connectivity index is 2.10.